The van der Waals surface area contributed by atoms with E-state index in [9.17, 15) is 13.2 Å². The number of hydrogen-bond acceptors (Lipinski definition) is 4. The zero-order chi connectivity index (χ0) is 24.0. The summed E-state index contributed by atoms with van der Waals surface area (Å²) in [6.07, 6.45) is 1.44. The van der Waals surface area contributed by atoms with E-state index in [2.05, 4.69) is 15.9 Å². The van der Waals surface area contributed by atoms with E-state index in [-0.39, 0.29) is 34.2 Å². The Morgan fingerprint density at radius 1 is 1.09 bits per heavy atom. The molecule has 2 heterocycles. The summed E-state index contributed by atoms with van der Waals surface area (Å²) < 4.78 is 34.6. The third-order valence-electron chi connectivity index (χ3n) is 6.21. The van der Waals surface area contributed by atoms with Gasteiger partial charge in [-0.15, -0.1) is 0 Å². The van der Waals surface area contributed by atoms with Crippen molar-refractivity contribution in [1.82, 2.24) is 0 Å². The molecule has 1 unspecified atom stereocenters. The van der Waals surface area contributed by atoms with Crippen LogP contribution in [0.4, 0.5) is 11.4 Å². The summed E-state index contributed by atoms with van der Waals surface area (Å²) in [7, 11) is -3.77. The number of fused-ring (bicyclic) bond motifs is 2. The Kier molecular flexibility index (Phi) is 6.08. The molecule has 1 atom stereocenters. The molecule has 3 aromatic carbocycles. The zero-order valence-corrected chi connectivity index (χ0v) is 21.5. The molecule has 9 heteroatoms. The van der Waals surface area contributed by atoms with Crippen molar-refractivity contribution >= 4 is 54.8 Å². The minimum absolute atomic E-state index is 0.0201. The zero-order valence-electron chi connectivity index (χ0n) is 18.4. The molecule has 6 nitrogen and oxygen atoms in total. The fourth-order valence-electron chi connectivity index (χ4n) is 4.63. The molecule has 0 bridgehead atoms. The lowest BCUT2D eigenvalue weighted by Gasteiger charge is -2.23. The molecule has 0 N–H and O–H groups in total. The Morgan fingerprint density at radius 2 is 1.88 bits per heavy atom. The van der Waals surface area contributed by atoms with Crippen molar-refractivity contribution in [1.29, 1.82) is 0 Å². The molecule has 3 aromatic rings. The van der Waals surface area contributed by atoms with Crippen LogP contribution in [0.3, 0.4) is 0 Å². The first-order valence-electron chi connectivity index (χ1n) is 10.9. The molecule has 5 rings (SSSR count). The normalized spacial score (nSPS) is 17.0. The van der Waals surface area contributed by atoms with Crippen molar-refractivity contribution in [2.45, 2.75) is 30.7 Å². The average Bonchev–Trinajstić information content (AvgIpc) is 3.38. The maximum absolute atomic E-state index is 13.2. The van der Waals surface area contributed by atoms with Crippen LogP contribution >= 0.6 is 27.5 Å². The van der Waals surface area contributed by atoms with Crippen LogP contribution in [0.5, 0.6) is 5.75 Å². The number of hydrogen-bond donors (Lipinski definition) is 0. The maximum Gasteiger partial charge on any atom is 0.265 e. The Morgan fingerprint density at radius 3 is 2.68 bits per heavy atom. The molecule has 0 spiro atoms. The second-order valence-corrected chi connectivity index (χ2v) is 11.6. The quantitative estimate of drug-likeness (QED) is 0.429. The van der Waals surface area contributed by atoms with Gasteiger partial charge in [-0.2, -0.15) is 0 Å². The summed E-state index contributed by atoms with van der Waals surface area (Å²) in [6.45, 7) is 2.18. The Bertz CT molecular complexity index is 1400. The SMILES string of the molecule is CC1Cc2cc(Br)ccc2N1C(=O)COc1ccc(S(=O)(=O)N2CCc3ccccc32)cc1Cl. The van der Waals surface area contributed by atoms with E-state index in [0.717, 1.165) is 27.7 Å². The average molecular weight is 562 g/mol. The van der Waals surface area contributed by atoms with E-state index in [4.69, 9.17) is 16.3 Å². The molecule has 0 radical (unpaired) electrons. The van der Waals surface area contributed by atoms with Gasteiger partial charge in [0, 0.05) is 22.7 Å². The van der Waals surface area contributed by atoms with E-state index in [1.807, 2.05) is 43.3 Å². The standard InChI is InChI=1S/C25H22BrClN2O4S/c1-16-12-18-13-19(26)6-8-23(18)29(16)25(30)15-33-24-9-7-20(14-21(24)27)34(31,32)28-11-10-17-4-2-3-5-22(17)28/h2-9,13-14,16H,10-12,15H2,1H3. The predicted molar refractivity (Wildman–Crippen MR) is 136 cm³/mol. The fourth-order valence-corrected chi connectivity index (χ4v) is 6.87. The lowest BCUT2D eigenvalue weighted by molar-refractivity contribution is -0.120. The second kappa shape index (κ2) is 8.91. The van der Waals surface area contributed by atoms with Gasteiger partial charge < -0.3 is 9.64 Å². The molecule has 0 saturated carbocycles. The summed E-state index contributed by atoms with van der Waals surface area (Å²) in [5, 5.41) is 0.139. The van der Waals surface area contributed by atoms with Gasteiger partial charge in [0.2, 0.25) is 0 Å². The van der Waals surface area contributed by atoms with E-state index in [0.29, 0.717) is 18.7 Å². The number of rotatable bonds is 5. The smallest absolute Gasteiger partial charge is 0.265 e. The molecule has 2 aliphatic rings. The van der Waals surface area contributed by atoms with Gasteiger partial charge in [-0.05, 0) is 73.4 Å². The minimum atomic E-state index is -3.77. The third kappa shape index (κ3) is 4.08. The third-order valence-corrected chi connectivity index (χ3v) is 8.81. The van der Waals surface area contributed by atoms with Crippen LogP contribution in [-0.2, 0) is 27.7 Å². The highest BCUT2D eigenvalue weighted by Crippen LogP contribution is 2.36. The molecule has 34 heavy (non-hydrogen) atoms. The fraction of sp³-hybridized carbons (Fsp3) is 0.240. The number of benzene rings is 3. The van der Waals surface area contributed by atoms with Crippen LogP contribution in [0.1, 0.15) is 18.1 Å². The molecule has 176 valence electrons. The molecule has 2 aliphatic heterocycles. The van der Waals surface area contributed by atoms with Gasteiger partial charge in [0.25, 0.3) is 15.9 Å². The number of ether oxygens (including phenoxy) is 1. The Balaban J connectivity index is 1.31. The van der Waals surface area contributed by atoms with Crippen LogP contribution in [0.2, 0.25) is 5.02 Å². The van der Waals surface area contributed by atoms with Crippen molar-refractivity contribution in [3.8, 4) is 5.75 Å². The first-order chi connectivity index (χ1) is 16.3. The van der Waals surface area contributed by atoms with E-state index in [1.54, 1.807) is 11.0 Å². The molecule has 0 fully saturated rings. The molecular weight excluding hydrogens is 540 g/mol. The summed E-state index contributed by atoms with van der Waals surface area (Å²) in [6, 6.07) is 17.7. The van der Waals surface area contributed by atoms with Crippen molar-refractivity contribution < 1.29 is 17.9 Å². The number of sulfonamides is 1. The van der Waals surface area contributed by atoms with Gasteiger partial charge in [-0.3, -0.25) is 9.10 Å². The minimum Gasteiger partial charge on any atom is -0.482 e. The van der Waals surface area contributed by atoms with E-state index in [1.165, 1.54) is 22.5 Å². The van der Waals surface area contributed by atoms with Crippen LogP contribution < -0.4 is 13.9 Å². The summed E-state index contributed by atoms with van der Waals surface area (Å²) >= 11 is 9.85. The van der Waals surface area contributed by atoms with Crippen molar-refractivity contribution in [2.24, 2.45) is 0 Å². The molecule has 0 aliphatic carbocycles. The predicted octanol–water partition coefficient (Wildman–Crippen LogP) is 5.21. The molecule has 1 amide bonds. The number of carbonyl (C=O) groups excluding carboxylic acids is 1. The number of anilines is 2. The summed E-state index contributed by atoms with van der Waals surface area (Å²) in [5.41, 5.74) is 3.67. The van der Waals surface area contributed by atoms with Gasteiger partial charge in [-0.25, -0.2) is 8.42 Å². The lowest BCUT2D eigenvalue weighted by Crippen LogP contribution is -2.39. The second-order valence-electron chi connectivity index (χ2n) is 8.43. The highest BCUT2D eigenvalue weighted by atomic mass is 79.9. The first-order valence-corrected chi connectivity index (χ1v) is 13.5. The summed E-state index contributed by atoms with van der Waals surface area (Å²) in [4.78, 5) is 14.8. The number of nitrogens with zero attached hydrogens (tertiary/aromatic N) is 2. The lowest BCUT2D eigenvalue weighted by atomic mass is 10.1. The van der Waals surface area contributed by atoms with Gasteiger partial charge in [0.15, 0.2) is 6.61 Å². The largest absolute Gasteiger partial charge is 0.482 e. The van der Waals surface area contributed by atoms with Crippen LogP contribution in [-0.4, -0.2) is 33.5 Å². The summed E-state index contributed by atoms with van der Waals surface area (Å²) in [5.74, 6) is 0.0775. The number of halogens is 2. The highest BCUT2D eigenvalue weighted by Gasteiger charge is 2.32. The van der Waals surface area contributed by atoms with Gasteiger partial charge >= 0.3 is 0 Å². The van der Waals surface area contributed by atoms with E-state index >= 15 is 0 Å². The van der Waals surface area contributed by atoms with Crippen molar-refractivity contribution in [3.05, 3.63) is 81.3 Å². The number of amides is 1. The van der Waals surface area contributed by atoms with Gasteiger partial charge in [0.05, 0.1) is 15.6 Å². The van der Waals surface area contributed by atoms with Crippen molar-refractivity contribution in [3.63, 3.8) is 0 Å². The van der Waals surface area contributed by atoms with Crippen LogP contribution in [0.15, 0.2) is 70.0 Å². The van der Waals surface area contributed by atoms with Gasteiger partial charge in [0.1, 0.15) is 5.75 Å². The number of para-hydroxylation sites is 1. The topological polar surface area (TPSA) is 66.9 Å². The Labute approximate surface area is 212 Å². The maximum atomic E-state index is 13.2. The van der Waals surface area contributed by atoms with Crippen LogP contribution in [0.25, 0.3) is 0 Å². The molecule has 0 saturated heterocycles. The first kappa shape index (κ1) is 23.2. The molecular formula is C25H22BrClN2O4S. The van der Waals surface area contributed by atoms with Gasteiger partial charge in [-0.1, -0.05) is 45.7 Å². The Hall–Kier alpha value is -2.55. The van der Waals surface area contributed by atoms with Crippen molar-refractivity contribution in [2.75, 3.05) is 22.4 Å². The van der Waals surface area contributed by atoms with E-state index < -0.39 is 10.0 Å². The molecule has 0 aromatic heterocycles. The monoisotopic (exact) mass is 560 g/mol. The highest BCUT2D eigenvalue weighted by molar-refractivity contribution is 9.10. The van der Waals surface area contributed by atoms with Crippen LogP contribution in [0, 0.1) is 0 Å². The number of carbonyl (C=O) groups is 1.